The number of nitrogens with one attached hydrogen (secondary N) is 1. The van der Waals surface area contributed by atoms with Gasteiger partial charge in [-0.2, -0.15) is 0 Å². The maximum atomic E-state index is 11.1. The molecule has 2 N–H and O–H groups in total. The van der Waals surface area contributed by atoms with Crippen LogP contribution in [0.15, 0.2) is 0 Å². The van der Waals surface area contributed by atoms with Crippen molar-refractivity contribution in [2.75, 3.05) is 45.8 Å². The summed E-state index contributed by atoms with van der Waals surface area (Å²) in [5.74, 6) is -0.696. The van der Waals surface area contributed by atoms with Gasteiger partial charge in [-0.1, -0.05) is 0 Å². The third-order valence-corrected chi connectivity index (χ3v) is 3.76. The summed E-state index contributed by atoms with van der Waals surface area (Å²) in [6.07, 6.45) is 3.74. The Labute approximate surface area is 103 Å². The van der Waals surface area contributed by atoms with Crippen LogP contribution in [0.1, 0.15) is 19.3 Å². The van der Waals surface area contributed by atoms with Gasteiger partial charge in [0.05, 0.1) is 0 Å². The molecule has 2 saturated heterocycles. The molecule has 5 heteroatoms. The van der Waals surface area contributed by atoms with Gasteiger partial charge in [-0.25, -0.2) is 0 Å². The predicted molar refractivity (Wildman–Crippen MR) is 66.2 cm³/mol. The van der Waals surface area contributed by atoms with Gasteiger partial charge >= 0.3 is 5.97 Å². The molecule has 2 rings (SSSR count). The fourth-order valence-corrected chi connectivity index (χ4v) is 2.76. The molecule has 2 fully saturated rings. The van der Waals surface area contributed by atoms with E-state index in [2.05, 4.69) is 15.1 Å². The van der Waals surface area contributed by atoms with Crippen LogP contribution in [0, 0.1) is 0 Å². The van der Waals surface area contributed by atoms with E-state index in [9.17, 15) is 4.79 Å². The summed E-state index contributed by atoms with van der Waals surface area (Å²) in [6, 6.07) is -0.331. The van der Waals surface area contributed by atoms with E-state index in [0.29, 0.717) is 6.54 Å². The van der Waals surface area contributed by atoms with E-state index in [1.807, 2.05) is 0 Å². The normalized spacial score (nSPS) is 27.4. The Balaban J connectivity index is 1.70. The second-order valence-electron chi connectivity index (χ2n) is 5.00. The summed E-state index contributed by atoms with van der Waals surface area (Å²) in [5.41, 5.74) is 0. The van der Waals surface area contributed by atoms with E-state index in [-0.39, 0.29) is 6.04 Å². The molecule has 1 atom stereocenters. The van der Waals surface area contributed by atoms with Gasteiger partial charge in [0.2, 0.25) is 0 Å². The Morgan fingerprint density at radius 1 is 1.24 bits per heavy atom. The van der Waals surface area contributed by atoms with Gasteiger partial charge in [0.25, 0.3) is 0 Å². The first-order chi connectivity index (χ1) is 8.27. The van der Waals surface area contributed by atoms with Crippen molar-refractivity contribution in [3.05, 3.63) is 0 Å². The van der Waals surface area contributed by atoms with Crippen LogP contribution in [0.4, 0.5) is 0 Å². The number of hydrogen-bond donors (Lipinski definition) is 2. The number of hydrogen-bond acceptors (Lipinski definition) is 4. The first-order valence-corrected chi connectivity index (χ1v) is 6.67. The van der Waals surface area contributed by atoms with Crippen molar-refractivity contribution in [1.29, 1.82) is 0 Å². The van der Waals surface area contributed by atoms with Crippen molar-refractivity contribution in [2.24, 2.45) is 0 Å². The van der Waals surface area contributed by atoms with Crippen LogP contribution in [-0.4, -0.2) is 72.7 Å². The highest BCUT2D eigenvalue weighted by Crippen LogP contribution is 2.09. The molecule has 0 saturated carbocycles. The number of nitrogens with zero attached hydrogens (tertiary/aromatic N) is 2. The van der Waals surface area contributed by atoms with E-state index in [1.165, 1.54) is 25.9 Å². The van der Waals surface area contributed by atoms with Crippen LogP contribution < -0.4 is 5.32 Å². The Kier molecular flexibility index (Phi) is 4.76. The summed E-state index contributed by atoms with van der Waals surface area (Å²) in [5, 5.41) is 12.3. The molecule has 0 aliphatic carbocycles. The summed E-state index contributed by atoms with van der Waals surface area (Å²) in [6.45, 7) is 6.84. The maximum absolute atomic E-state index is 11.1. The third kappa shape index (κ3) is 3.66. The highest BCUT2D eigenvalue weighted by Gasteiger charge is 2.27. The van der Waals surface area contributed by atoms with Crippen molar-refractivity contribution in [3.63, 3.8) is 0 Å². The standard InChI is InChI=1S/C12H23N3O2/c16-12(17)11-10-13-4-9-15(11)8-3-7-14-5-1-2-6-14/h11,13H,1-10H2,(H,16,17). The lowest BCUT2D eigenvalue weighted by Gasteiger charge is -2.33. The molecule has 0 radical (unpaired) electrons. The van der Waals surface area contributed by atoms with E-state index < -0.39 is 5.97 Å². The Morgan fingerprint density at radius 2 is 2.00 bits per heavy atom. The van der Waals surface area contributed by atoms with E-state index in [4.69, 9.17) is 5.11 Å². The second-order valence-corrected chi connectivity index (χ2v) is 5.00. The topological polar surface area (TPSA) is 55.8 Å². The number of rotatable bonds is 5. The molecular formula is C12H23N3O2. The van der Waals surface area contributed by atoms with Crippen molar-refractivity contribution in [2.45, 2.75) is 25.3 Å². The fourth-order valence-electron chi connectivity index (χ4n) is 2.76. The highest BCUT2D eigenvalue weighted by molar-refractivity contribution is 5.73. The molecule has 0 aromatic heterocycles. The zero-order chi connectivity index (χ0) is 12.1. The monoisotopic (exact) mass is 241 g/mol. The zero-order valence-corrected chi connectivity index (χ0v) is 10.4. The molecule has 2 aliphatic rings. The number of carbonyl (C=O) groups is 1. The second kappa shape index (κ2) is 6.33. The van der Waals surface area contributed by atoms with Crippen molar-refractivity contribution in [1.82, 2.24) is 15.1 Å². The van der Waals surface area contributed by atoms with Crippen molar-refractivity contribution >= 4 is 5.97 Å². The van der Waals surface area contributed by atoms with Gasteiger partial charge in [0.1, 0.15) is 6.04 Å². The lowest BCUT2D eigenvalue weighted by atomic mass is 10.2. The van der Waals surface area contributed by atoms with Crippen molar-refractivity contribution in [3.8, 4) is 0 Å². The van der Waals surface area contributed by atoms with Crippen molar-refractivity contribution < 1.29 is 9.90 Å². The highest BCUT2D eigenvalue weighted by atomic mass is 16.4. The first-order valence-electron chi connectivity index (χ1n) is 6.67. The molecule has 1 unspecified atom stereocenters. The smallest absolute Gasteiger partial charge is 0.322 e. The van der Waals surface area contributed by atoms with Crippen LogP contribution >= 0.6 is 0 Å². The molecule has 0 bridgehead atoms. The molecule has 0 spiro atoms. The molecule has 0 aromatic rings. The van der Waals surface area contributed by atoms with Crippen LogP contribution in [0.2, 0.25) is 0 Å². The Bertz CT molecular complexity index is 254. The minimum absolute atomic E-state index is 0.331. The van der Waals surface area contributed by atoms with Gasteiger partial charge < -0.3 is 15.3 Å². The SMILES string of the molecule is O=C(O)C1CNCCN1CCCN1CCCC1. The van der Waals surface area contributed by atoms with Crippen LogP contribution in [-0.2, 0) is 4.79 Å². The van der Waals surface area contributed by atoms with Gasteiger partial charge in [0.15, 0.2) is 0 Å². The average molecular weight is 241 g/mol. The van der Waals surface area contributed by atoms with Gasteiger partial charge in [-0.05, 0) is 38.9 Å². The van der Waals surface area contributed by atoms with Crippen LogP contribution in [0.25, 0.3) is 0 Å². The summed E-state index contributed by atoms with van der Waals surface area (Å²) < 4.78 is 0. The average Bonchev–Trinajstić information content (AvgIpc) is 2.82. The summed E-state index contributed by atoms with van der Waals surface area (Å²) >= 11 is 0. The Hall–Kier alpha value is -0.650. The van der Waals surface area contributed by atoms with Gasteiger partial charge in [-0.15, -0.1) is 0 Å². The number of aliphatic carboxylic acids is 1. The van der Waals surface area contributed by atoms with E-state index in [1.54, 1.807) is 0 Å². The van der Waals surface area contributed by atoms with E-state index >= 15 is 0 Å². The summed E-state index contributed by atoms with van der Waals surface area (Å²) in [7, 11) is 0. The number of likely N-dealkylation sites (tertiary alicyclic amines) is 1. The van der Waals surface area contributed by atoms with Gasteiger partial charge in [-0.3, -0.25) is 9.69 Å². The quantitative estimate of drug-likeness (QED) is 0.700. The predicted octanol–water partition coefficient (Wildman–Crippen LogP) is -0.169. The number of carboxylic acid groups (broad SMARTS) is 1. The number of carboxylic acids is 1. The summed E-state index contributed by atoms with van der Waals surface area (Å²) in [4.78, 5) is 15.7. The zero-order valence-electron chi connectivity index (χ0n) is 10.4. The minimum atomic E-state index is -0.696. The maximum Gasteiger partial charge on any atom is 0.322 e. The Morgan fingerprint density at radius 3 is 2.71 bits per heavy atom. The molecule has 17 heavy (non-hydrogen) atoms. The lowest BCUT2D eigenvalue weighted by Crippen LogP contribution is -2.55. The molecule has 5 nitrogen and oxygen atoms in total. The van der Waals surface area contributed by atoms with Crippen LogP contribution in [0.3, 0.4) is 0 Å². The molecule has 98 valence electrons. The minimum Gasteiger partial charge on any atom is -0.480 e. The molecule has 2 heterocycles. The molecule has 0 amide bonds. The molecular weight excluding hydrogens is 218 g/mol. The van der Waals surface area contributed by atoms with Crippen LogP contribution in [0.5, 0.6) is 0 Å². The van der Waals surface area contributed by atoms with Gasteiger partial charge in [0, 0.05) is 26.2 Å². The third-order valence-electron chi connectivity index (χ3n) is 3.76. The molecule has 2 aliphatic heterocycles. The van der Waals surface area contributed by atoms with E-state index in [0.717, 1.165) is 32.6 Å². The largest absolute Gasteiger partial charge is 0.480 e. The first kappa shape index (κ1) is 12.8. The fraction of sp³-hybridized carbons (Fsp3) is 0.917. The molecule has 0 aromatic carbocycles. The lowest BCUT2D eigenvalue weighted by molar-refractivity contribution is -0.143. The number of piperazine rings is 1.